The molecule has 0 saturated heterocycles. The van der Waals surface area contributed by atoms with Crippen molar-refractivity contribution < 1.29 is 17.9 Å². The Labute approximate surface area is 133 Å². The molecule has 0 fully saturated rings. The van der Waals surface area contributed by atoms with Crippen molar-refractivity contribution >= 4 is 27.6 Å². The Morgan fingerprint density at radius 3 is 2.59 bits per heavy atom. The predicted octanol–water partition coefficient (Wildman–Crippen LogP) is 2.61. The van der Waals surface area contributed by atoms with Gasteiger partial charge < -0.3 is 4.74 Å². The van der Waals surface area contributed by atoms with Crippen LogP contribution < -0.4 is 4.72 Å². The number of rotatable bonds is 5. The van der Waals surface area contributed by atoms with Crippen molar-refractivity contribution in [2.75, 3.05) is 7.11 Å². The molecule has 0 heterocycles. The van der Waals surface area contributed by atoms with E-state index < -0.39 is 16.0 Å². The number of benzene rings is 2. The summed E-state index contributed by atoms with van der Waals surface area (Å²) in [7, 11) is -2.52. The average Bonchev–Trinajstić information content (AvgIpc) is 2.53. The van der Waals surface area contributed by atoms with E-state index in [1.165, 1.54) is 31.4 Å². The number of carbonyl (C=O) groups excluding carboxylic acids is 1. The molecule has 22 heavy (non-hydrogen) atoms. The zero-order valence-electron chi connectivity index (χ0n) is 11.7. The molecule has 0 bridgehead atoms. The summed E-state index contributed by atoms with van der Waals surface area (Å²) in [6.07, 6.45) is 0. The second kappa shape index (κ2) is 6.91. The molecule has 0 aliphatic heterocycles. The Balaban J connectivity index is 2.20. The summed E-state index contributed by atoms with van der Waals surface area (Å²) in [5, 5.41) is 0.480. The second-order valence-corrected chi connectivity index (χ2v) is 6.61. The summed E-state index contributed by atoms with van der Waals surface area (Å²) in [5.41, 5.74) is 0.833. The van der Waals surface area contributed by atoms with Crippen molar-refractivity contribution in [1.82, 2.24) is 4.72 Å². The van der Waals surface area contributed by atoms with E-state index in [0.717, 1.165) is 0 Å². The number of nitrogens with one attached hydrogen (secondary N) is 1. The summed E-state index contributed by atoms with van der Waals surface area (Å²) in [4.78, 5) is 11.5. The first-order valence-electron chi connectivity index (χ1n) is 6.35. The number of hydrogen-bond donors (Lipinski definition) is 1. The van der Waals surface area contributed by atoms with Gasteiger partial charge in [-0.05, 0) is 29.8 Å². The van der Waals surface area contributed by atoms with E-state index in [-0.39, 0.29) is 17.0 Å². The molecule has 7 heteroatoms. The molecule has 2 aromatic carbocycles. The Morgan fingerprint density at radius 2 is 1.91 bits per heavy atom. The van der Waals surface area contributed by atoms with E-state index in [1.54, 1.807) is 24.3 Å². The Kier molecular flexibility index (Phi) is 5.18. The van der Waals surface area contributed by atoms with Crippen LogP contribution >= 0.6 is 11.6 Å². The van der Waals surface area contributed by atoms with E-state index in [1.807, 2.05) is 0 Å². The number of carbonyl (C=O) groups is 1. The van der Waals surface area contributed by atoms with Crippen LogP contribution in [0.25, 0.3) is 0 Å². The molecule has 0 atom stereocenters. The summed E-state index contributed by atoms with van der Waals surface area (Å²) < 4.78 is 31.6. The van der Waals surface area contributed by atoms with E-state index in [2.05, 4.69) is 9.46 Å². The van der Waals surface area contributed by atoms with E-state index >= 15 is 0 Å². The van der Waals surface area contributed by atoms with Crippen LogP contribution in [-0.2, 0) is 21.3 Å². The third-order valence-electron chi connectivity index (χ3n) is 2.98. The van der Waals surface area contributed by atoms with Crippen molar-refractivity contribution in [3.05, 3.63) is 64.7 Å². The highest BCUT2D eigenvalue weighted by Crippen LogP contribution is 2.17. The van der Waals surface area contributed by atoms with Gasteiger partial charge in [0, 0.05) is 11.6 Å². The molecular formula is C15H14ClNO4S. The summed E-state index contributed by atoms with van der Waals surface area (Å²) in [5.74, 6) is -0.594. The van der Waals surface area contributed by atoms with Gasteiger partial charge in [0.2, 0.25) is 10.0 Å². The molecule has 5 nitrogen and oxygen atoms in total. The Hall–Kier alpha value is -1.89. The molecule has 0 amide bonds. The third kappa shape index (κ3) is 3.85. The summed E-state index contributed by atoms with van der Waals surface area (Å²) >= 11 is 5.99. The van der Waals surface area contributed by atoms with Crippen molar-refractivity contribution in [2.24, 2.45) is 0 Å². The van der Waals surface area contributed by atoms with Crippen molar-refractivity contribution in [3.63, 3.8) is 0 Å². The minimum absolute atomic E-state index is 0.0116. The number of methoxy groups -OCH3 is 1. The highest BCUT2D eigenvalue weighted by atomic mass is 35.5. The van der Waals surface area contributed by atoms with Crippen LogP contribution in [-0.4, -0.2) is 21.5 Å². The molecule has 2 aromatic rings. The fraction of sp³-hybridized carbons (Fsp3) is 0.133. The highest BCUT2D eigenvalue weighted by molar-refractivity contribution is 7.89. The second-order valence-electron chi connectivity index (χ2n) is 4.44. The number of ether oxygens (including phenoxy) is 1. The summed E-state index contributed by atoms with van der Waals surface area (Å²) in [6.45, 7) is 0.0600. The first-order chi connectivity index (χ1) is 10.4. The zero-order chi connectivity index (χ0) is 16.2. The fourth-order valence-electron chi connectivity index (χ4n) is 1.81. The van der Waals surface area contributed by atoms with Gasteiger partial charge in [0.15, 0.2) is 0 Å². The number of hydrogen-bond acceptors (Lipinski definition) is 4. The predicted molar refractivity (Wildman–Crippen MR) is 83.3 cm³/mol. The van der Waals surface area contributed by atoms with Gasteiger partial charge >= 0.3 is 5.97 Å². The smallest absolute Gasteiger partial charge is 0.337 e. The lowest BCUT2D eigenvalue weighted by molar-refractivity contribution is 0.0600. The van der Waals surface area contributed by atoms with Crippen LogP contribution in [0.4, 0.5) is 0 Å². The van der Waals surface area contributed by atoms with E-state index in [0.29, 0.717) is 10.6 Å². The van der Waals surface area contributed by atoms with Crippen LogP contribution in [0.3, 0.4) is 0 Å². The van der Waals surface area contributed by atoms with Crippen molar-refractivity contribution in [3.8, 4) is 0 Å². The first-order valence-corrected chi connectivity index (χ1v) is 8.21. The SMILES string of the molecule is COC(=O)c1cccc(S(=O)(=O)NCc2ccccc2Cl)c1. The standard InChI is InChI=1S/C15H14ClNO4S/c1-21-15(18)11-6-4-7-13(9-11)22(19,20)17-10-12-5-2-3-8-14(12)16/h2-9,17H,10H2,1H3. The Morgan fingerprint density at radius 1 is 1.18 bits per heavy atom. The largest absolute Gasteiger partial charge is 0.465 e. The maximum Gasteiger partial charge on any atom is 0.337 e. The monoisotopic (exact) mass is 339 g/mol. The Bertz CT molecular complexity index is 790. The normalized spacial score (nSPS) is 11.2. The van der Waals surface area contributed by atoms with E-state index in [4.69, 9.17) is 11.6 Å². The van der Waals surface area contributed by atoms with Crippen LogP contribution in [0.15, 0.2) is 53.4 Å². The lowest BCUT2D eigenvalue weighted by Crippen LogP contribution is -2.23. The number of halogens is 1. The molecule has 0 aromatic heterocycles. The number of esters is 1. The molecule has 0 unspecified atom stereocenters. The molecule has 116 valence electrons. The maximum atomic E-state index is 12.3. The van der Waals surface area contributed by atoms with Gasteiger partial charge in [0.25, 0.3) is 0 Å². The van der Waals surface area contributed by atoms with Gasteiger partial charge in [-0.25, -0.2) is 17.9 Å². The van der Waals surface area contributed by atoms with Crippen LogP contribution in [0.2, 0.25) is 5.02 Å². The van der Waals surface area contributed by atoms with Gasteiger partial charge in [-0.15, -0.1) is 0 Å². The first kappa shape index (κ1) is 16.5. The summed E-state index contributed by atoms with van der Waals surface area (Å²) in [6, 6.07) is 12.6. The molecule has 0 spiro atoms. The van der Waals surface area contributed by atoms with Crippen LogP contribution in [0.1, 0.15) is 15.9 Å². The lowest BCUT2D eigenvalue weighted by atomic mass is 10.2. The van der Waals surface area contributed by atoms with Gasteiger partial charge in [0.1, 0.15) is 0 Å². The molecule has 2 rings (SSSR count). The molecule has 1 N–H and O–H groups in total. The average molecular weight is 340 g/mol. The van der Waals surface area contributed by atoms with Crippen LogP contribution in [0, 0.1) is 0 Å². The molecular weight excluding hydrogens is 326 g/mol. The minimum Gasteiger partial charge on any atom is -0.465 e. The van der Waals surface area contributed by atoms with Gasteiger partial charge in [-0.2, -0.15) is 0 Å². The fourth-order valence-corrected chi connectivity index (χ4v) is 3.06. The van der Waals surface area contributed by atoms with Gasteiger partial charge in [-0.1, -0.05) is 35.9 Å². The quantitative estimate of drug-likeness (QED) is 0.850. The zero-order valence-corrected chi connectivity index (χ0v) is 13.3. The minimum atomic E-state index is -3.76. The van der Waals surface area contributed by atoms with Crippen LogP contribution in [0.5, 0.6) is 0 Å². The molecule has 0 aliphatic carbocycles. The maximum absolute atomic E-state index is 12.3. The van der Waals surface area contributed by atoms with Gasteiger partial charge in [-0.3, -0.25) is 0 Å². The molecule has 0 aliphatic rings. The number of sulfonamides is 1. The molecule has 0 saturated carbocycles. The highest BCUT2D eigenvalue weighted by Gasteiger charge is 2.16. The molecule has 0 radical (unpaired) electrons. The van der Waals surface area contributed by atoms with Crippen molar-refractivity contribution in [1.29, 1.82) is 0 Å². The van der Waals surface area contributed by atoms with Gasteiger partial charge in [0.05, 0.1) is 17.6 Å². The topological polar surface area (TPSA) is 72.5 Å². The van der Waals surface area contributed by atoms with Crippen molar-refractivity contribution in [2.45, 2.75) is 11.4 Å². The van der Waals surface area contributed by atoms with E-state index in [9.17, 15) is 13.2 Å². The third-order valence-corrected chi connectivity index (χ3v) is 4.74. The lowest BCUT2D eigenvalue weighted by Gasteiger charge is -2.09.